The van der Waals surface area contributed by atoms with Crippen LogP contribution in [0.5, 0.6) is 0 Å². The molecule has 0 aliphatic heterocycles. The molecule has 3 aromatic rings. The summed E-state index contributed by atoms with van der Waals surface area (Å²) in [6, 6.07) is 15.1. The maximum atomic E-state index is 13.2. The lowest BCUT2D eigenvalue weighted by Gasteiger charge is -2.11. The molecule has 0 saturated heterocycles. The van der Waals surface area contributed by atoms with Gasteiger partial charge in [-0.05, 0) is 35.2 Å². The number of nitrogens with two attached hydrogens (primary N) is 1. The zero-order valence-corrected chi connectivity index (χ0v) is 12.4. The fourth-order valence-electron chi connectivity index (χ4n) is 2.44. The van der Waals surface area contributed by atoms with Crippen molar-refractivity contribution in [3.63, 3.8) is 0 Å². The van der Waals surface area contributed by atoms with Gasteiger partial charge in [0.2, 0.25) is 0 Å². The van der Waals surface area contributed by atoms with E-state index in [0.29, 0.717) is 13.1 Å². The third-order valence-electron chi connectivity index (χ3n) is 3.45. The molecule has 1 aromatic heterocycles. The average Bonchev–Trinajstić information content (AvgIpc) is 2.80. The summed E-state index contributed by atoms with van der Waals surface area (Å²) in [6.07, 6.45) is 0. The third kappa shape index (κ3) is 2.37. The molecule has 3 rings (SSSR count). The lowest BCUT2D eigenvalue weighted by Crippen LogP contribution is -2.08. The number of nitrogens with zero attached hydrogens (tertiary/aromatic N) is 1. The van der Waals surface area contributed by atoms with E-state index in [1.54, 1.807) is 6.07 Å². The second-order valence-corrected chi connectivity index (χ2v) is 5.57. The van der Waals surface area contributed by atoms with Gasteiger partial charge in [0.25, 0.3) is 0 Å². The Kier molecular flexibility index (Phi) is 3.59. The molecular weight excluding hydrogens is 319 g/mol. The van der Waals surface area contributed by atoms with Crippen molar-refractivity contribution in [2.45, 2.75) is 13.1 Å². The van der Waals surface area contributed by atoms with Crippen LogP contribution in [0, 0.1) is 5.82 Å². The fourth-order valence-corrected chi connectivity index (χ4v) is 2.92. The number of para-hydroxylation sites is 1. The summed E-state index contributed by atoms with van der Waals surface area (Å²) in [4.78, 5) is 0. The van der Waals surface area contributed by atoms with Crippen LogP contribution in [-0.2, 0) is 13.1 Å². The molecule has 0 bridgehead atoms. The van der Waals surface area contributed by atoms with E-state index in [4.69, 9.17) is 5.73 Å². The van der Waals surface area contributed by atoms with E-state index < -0.39 is 0 Å². The number of hydrogen-bond donors (Lipinski definition) is 1. The van der Waals surface area contributed by atoms with Gasteiger partial charge in [0.15, 0.2) is 0 Å². The van der Waals surface area contributed by atoms with Crippen molar-refractivity contribution in [2.75, 3.05) is 0 Å². The second-order valence-electron chi connectivity index (χ2n) is 4.72. The van der Waals surface area contributed by atoms with Gasteiger partial charge in [0.1, 0.15) is 5.82 Å². The van der Waals surface area contributed by atoms with Crippen LogP contribution in [0.25, 0.3) is 10.9 Å². The average molecular weight is 333 g/mol. The van der Waals surface area contributed by atoms with Crippen molar-refractivity contribution in [3.8, 4) is 0 Å². The predicted octanol–water partition coefficient (Wildman–Crippen LogP) is 4.05. The van der Waals surface area contributed by atoms with Crippen LogP contribution in [0.15, 0.2) is 53.0 Å². The number of halogens is 2. The molecule has 2 nitrogen and oxygen atoms in total. The molecule has 0 amide bonds. The van der Waals surface area contributed by atoms with Gasteiger partial charge >= 0.3 is 0 Å². The molecule has 1 heterocycles. The van der Waals surface area contributed by atoms with Crippen molar-refractivity contribution in [1.29, 1.82) is 0 Å². The first-order valence-electron chi connectivity index (χ1n) is 6.40. The van der Waals surface area contributed by atoms with Gasteiger partial charge in [0.05, 0.1) is 0 Å². The van der Waals surface area contributed by atoms with Crippen LogP contribution < -0.4 is 5.73 Å². The Morgan fingerprint density at radius 3 is 2.65 bits per heavy atom. The van der Waals surface area contributed by atoms with E-state index in [9.17, 15) is 4.39 Å². The van der Waals surface area contributed by atoms with Crippen molar-refractivity contribution in [2.24, 2.45) is 5.73 Å². The van der Waals surface area contributed by atoms with E-state index in [-0.39, 0.29) is 5.82 Å². The zero-order valence-electron chi connectivity index (χ0n) is 10.8. The summed E-state index contributed by atoms with van der Waals surface area (Å²) in [5.74, 6) is -0.239. The fraction of sp³-hybridized carbons (Fsp3) is 0.125. The largest absolute Gasteiger partial charge is 0.339 e. The van der Waals surface area contributed by atoms with Crippen LogP contribution in [0.2, 0.25) is 0 Å². The topological polar surface area (TPSA) is 30.9 Å². The van der Waals surface area contributed by atoms with Gasteiger partial charge in [-0.25, -0.2) is 4.39 Å². The SMILES string of the molecule is NCc1cc2ccccc2n1Cc1ccc(F)cc1Br. The highest BCUT2D eigenvalue weighted by Gasteiger charge is 2.09. The molecule has 4 heteroatoms. The normalized spacial score (nSPS) is 11.2. The van der Waals surface area contributed by atoms with Crippen LogP contribution >= 0.6 is 15.9 Å². The molecule has 0 unspecified atom stereocenters. The molecule has 0 radical (unpaired) electrons. The van der Waals surface area contributed by atoms with Gasteiger partial charge in [-0.15, -0.1) is 0 Å². The Balaban J connectivity index is 2.09. The number of benzene rings is 2. The van der Waals surface area contributed by atoms with Crippen LogP contribution in [0.4, 0.5) is 4.39 Å². The maximum absolute atomic E-state index is 13.2. The van der Waals surface area contributed by atoms with Gasteiger partial charge in [-0.1, -0.05) is 40.2 Å². The number of rotatable bonds is 3. The summed E-state index contributed by atoms with van der Waals surface area (Å²) >= 11 is 3.42. The number of aromatic nitrogens is 1. The Hall–Kier alpha value is -1.65. The minimum Gasteiger partial charge on any atom is -0.339 e. The summed E-state index contributed by atoms with van der Waals surface area (Å²) in [5, 5.41) is 1.17. The van der Waals surface area contributed by atoms with Gasteiger partial charge in [-0.2, -0.15) is 0 Å². The van der Waals surface area contributed by atoms with E-state index in [0.717, 1.165) is 21.2 Å². The van der Waals surface area contributed by atoms with E-state index >= 15 is 0 Å². The minimum absolute atomic E-state index is 0.239. The molecule has 0 saturated carbocycles. The van der Waals surface area contributed by atoms with Gasteiger partial charge < -0.3 is 10.3 Å². The standard InChI is InChI=1S/C16H14BrFN2/c17-15-8-13(18)6-5-12(15)10-20-14(9-19)7-11-3-1-2-4-16(11)20/h1-8H,9-10,19H2. The highest BCUT2D eigenvalue weighted by molar-refractivity contribution is 9.10. The molecule has 20 heavy (non-hydrogen) atoms. The van der Waals surface area contributed by atoms with Gasteiger partial charge in [0, 0.05) is 28.8 Å². The quantitative estimate of drug-likeness (QED) is 0.770. The number of hydrogen-bond acceptors (Lipinski definition) is 1. The molecule has 102 valence electrons. The molecule has 2 N–H and O–H groups in total. The Bertz CT molecular complexity index is 764. The van der Waals surface area contributed by atoms with Crippen LogP contribution in [0.1, 0.15) is 11.3 Å². The Labute approximate surface area is 125 Å². The van der Waals surface area contributed by atoms with Crippen LogP contribution in [0.3, 0.4) is 0 Å². The Morgan fingerprint density at radius 2 is 1.90 bits per heavy atom. The summed E-state index contributed by atoms with van der Waals surface area (Å²) < 4.78 is 16.1. The molecule has 0 aliphatic carbocycles. The predicted molar refractivity (Wildman–Crippen MR) is 83.0 cm³/mol. The zero-order chi connectivity index (χ0) is 14.1. The van der Waals surface area contributed by atoms with E-state index in [2.05, 4.69) is 38.7 Å². The monoisotopic (exact) mass is 332 g/mol. The lowest BCUT2D eigenvalue weighted by molar-refractivity contribution is 0.625. The van der Waals surface area contributed by atoms with Crippen molar-refractivity contribution >= 4 is 26.8 Å². The smallest absolute Gasteiger partial charge is 0.124 e. The third-order valence-corrected chi connectivity index (χ3v) is 4.19. The first-order valence-corrected chi connectivity index (χ1v) is 7.19. The van der Waals surface area contributed by atoms with Crippen LogP contribution in [-0.4, -0.2) is 4.57 Å². The highest BCUT2D eigenvalue weighted by atomic mass is 79.9. The van der Waals surface area contributed by atoms with Crippen molar-refractivity contribution < 1.29 is 4.39 Å². The van der Waals surface area contributed by atoms with Crippen molar-refractivity contribution in [1.82, 2.24) is 4.57 Å². The molecule has 0 atom stereocenters. The molecular formula is C16H14BrFN2. The molecule has 0 aliphatic rings. The summed E-state index contributed by atoms with van der Waals surface area (Å²) in [6.45, 7) is 1.15. The highest BCUT2D eigenvalue weighted by Crippen LogP contribution is 2.24. The molecule has 0 fully saturated rings. The summed E-state index contributed by atoms with van der Waals surface area (Å²) in [7, 11) is 0. The molecule has 2 aromatic carbocycles. The lowest BCUT2D eigenvalue weighted by atomic mass is 10.2. The van der Waals surface area contributed by atoms with E-state index in [1.165, 1.54) is 17.5 Å². The van der Waals surface area contributed by atoms with Crippen molar-refractivity contribution in [3.05, 3.63) is 70.1 Å². The Morgan fingerprint density at radius 1 is 1.10 bits per heavy atom. The summed E-state index contributed by atoms with van der Waals surface area (Å²) in [5.41, 5.74) is 9.08. The molecule has 0 spiro atoms. The van der Waals surface area contributed by atoms with Gasteiger partial charge in [-0.3, -0.25) is 0 Å². The maximum Gasteiger partial charge on any atom is 0.124 e. The second kappa shape index (κ2) is 5.38. The van der Waals surface area contributed by atoms with E-state index in [1.807, 2.05) is 12.1 Å². The first kappa shape index (κ1) is 13.3. The first-order chi connectivity index (χ1) is 9.69. The number of fused-ring (bicyclic) bond motifs is 1. The minimum atomic E-state index is -0.239.